The summed E-state index contributed by atoms with van der Waals surface area (Å²) in [6.45, 7) is 0.633. The van der Waals surface area contributed by atoms with E-state index < -0.39 is 63.3 Å². The third-order valence-electron chi connectivity index (χ3n) is 3.75. The first kappa shape index (κ1) is 34.7. The number of carbonyl (C=O) groups excluding carboxylic acids is 2. The van der Waals surface area contributed by atoms with Crippen LogP contribution in [0.3, 0.4) is 0 Å². The average Bonchev–Trinajstić information content (AvgIpc) is 2.86. The predicted octanol–water partition coefficient (Wildman–Crippen LogP) is 4.43. The van der Waals surface area contributed by atoms with Gasteiger partial charge in [0.2, 0.25) is 0 Å². The van der Waals surface area contributed by atoms with Gasteiger partial charge < -0.3 is 15.5 Å². The van der Waals surface area contributed by atoms with Crippen molar-refractivity contribution < 1.29 is 29.4 Å². The number of carboxylic acid groups (broad SMARTS) is 2. The molecule has 33 heavy (non-hydrogen) atoms. The number of unbranched alkanes of at least 4 members (excludes halogenated alkanes) is 4. The molecule has 0 aromatic carbocycles. The van der Waals surface area contributed by atoms with Gasteiger partial charge in [0.25, 0.3) is 11.8 Å². The molecule has 1 rings (SSSR count). The molecule has 8 nitrogen and oxygen atoms in total. The summed E-state index contributed by atoms with van der Waals surface area (Å²) in [6.07, 6.45) is 3.71. The quantitative estimate of drug-likeness (QED) is 0.148. The number of hydrogen-bond donors (Lipinski definition) is 3. The van der Waals surface area contributed by atoms with Crippen LogP contribution in [0.4, 0.5) is 0 Å². The molecule has 0 atom stereocenters. The van der Waals surface area contributed by atoms with Gasteiger partial charge in [-0.05, 0) is 25.7 Å². The zero-order chi connectivity index (χ0) is 26.0. The number of nitrogens with zero attached hydrogens (tertiary/aromatic N) is 1. The van der Waals surface area contributed by atoms with Crippen molar-refractivity contribution in [2.75, 3.05) is 13.1 Å². The van der Waals surface area contributed by atoms with E-state index in [0.29, 0.717) is 45.1 Å². The molecule has 0 aliphatic carbocycles. The van der Waals surface area contributed by atoms with Crippen LogP contribution < -0.4 is 5.32 Å². The standard InChI is InChI=1S/C16H23ClN2O6.6CH3.2Sn/c17-13-14(18-9-5-1-3-7-11(20)21)16(25)19(15(13)24)10-6-2-4-8-12(22)23;;;;;;;;/h18H,1-10H2,(H,20,21)(H,22,23);6*1H3;;. The van der Waals surface area contributed by atoms with Crippen molar-refractivity contribution in [1.82, 2.24) is 10.2 Å². The second-order valence-electron chi connectivity index (χ2n) is 8.79. The van der Waals surface area contributed by atoms with Gasteiger partial charge in [0.1, 0.15) is 10.7 Å². The number of hydrogen-bond acceptors (Lipinski definition) is 5. The van der Waals surface area contributed by atoms with Crippen molar-refractivity contribution in [2.45, 2.75) is 81.0 Å². The molecule has 0 aromatic rings. The van der Waals surface area contributed by atoms with Crippen LogP contribution >= 0.6 is 11.6 Å². The molecule has 2 radical (unpaired) electrons. The summed E-state index contributed by atoms with van der Waals surface area (Å²) in [5.74, 6) is -2.72. The summed E-state index contributed by atoms with van der Waals surface area (Å²) in [4.78, 5) is 60.3. The van der Waals surface area contributed by atoms with Crippen LogP contribution in [-0.2, 0) is 19.2 Å². The monoisotopic (exact) mass is 704 g/mol. The summed E-state index contributed by atoms with van der Waals surface area (Å²) in [5, 5.41) is 19.8. The van der Waals surface area contributed by atoms with Gasteiger partial charge in [0, 0.05) is 25.9 Å². The second-order valence-corrected chi connectivity index (χ2v) is 26.3. The molecule has 1 heterocycles. The zero-order valence-electron chi connectivity index (χ0n) is 20.9. The molecule has 0 fully saturated rings. The number of rotatable bonds is 13. The van der Waals surface area contributed by atoms with Crippen LogP contribution in [-0.4, -0.2) is 91.5 Å². The number of amides is 2. The van der Waals surface area contributed by atoms with Crippen LogP contribution in [0.25, 0.3) is 0 Å². The molecule has 1 aliphatic heterocycles. The maximum atomic E-state index is 12.2. The fourth-order valence-corrected chi connectivity index (χ4v) is 2.67. The zero-order valence-corrected chi connectivity index (χ0v) is 27.4. The molecule has 11 heteroatoms. The Hall–Kier alpha value is -0.493. The molecule has 3 N–H and O–H groups in total. The van der Waals surface area contributed by atoms with E-state index >= 15 is 0 Å². The SMILES string of the molecule is O=C(O)CCCCCNC1=C(Cl)C(=O)N(CCCCCC(=O)O)C1=O.[CH3][Sn]([CH3])[CH3].[CH3][Sn]([CH3])[CH3]. The van der Waals surface area contributed by atoms with Crippen molar-refractivity contribution in [3.63, 3.8) is 0 Å². The van der Waals surface area contributed by atoms with Crippen molar-refractivity contribution in [2.24, 2.45) is 0 Å². The summed E-state index contributed by atoms with van der Waals surface area (Å²) in [5.41, 5.74) is 0.0791. The van der Waals surface area contributed by atoms with Gasteiger partial charge in [-0.1, -0.05) is 24.4 Å². The fourth-order valence-electron chi connectivity index (χ4n) is 2.42. The average molecular weight is 702 g/mol. The molecule has 2 amide bonds. The molecular weight excluding hydrogens is 661 g/mol. The third-order valence-corrected chi connectivity index (χ3v) is 4.10. The Morgan fingerprint density at radius 1 is 0.788 bits per heavy atom. The number of carboxylic acids is 2. The van der Waals surface area contributed by atoms with E-state index in [1.165, 1.54) is 0 Å². The predicted molar refractivity (Wildman–Crippen MR) is 137 cm³/mol. The van der Waals surface area contributed by atoms with Crippen molar-refractivity contribution in [1.29, 1.82) is 0 Å². The maximum absolute atomic E-state index is 12.2. The van der Waals surface area contributed by atoms with Crippen LogP contribution in [0.1, 0.15) is 51.4 Å². The Morgan fingerprint density at radius 3 is 1.64 bits per heavy atom. The van der Waals surface area contributed by atoms with Gasteiger partial charge in [-0.2, -0.15) is 0 Å². The van der Waals surface area contributed by atoms with Crippen molar-refractivity contribution in [3.05, 3.63) is 10.7 Å². The van der Waals surface area contributed by atoms with E-state index in [2.05, 4.69) is 35.0 Å². The first-order chi connectivity index (χ1) is 15.3. The molecule has 190 valence electrons. The van der Waals surface area contributed by atoms with Gasteiger partial charge in [0.15, 0.2) is 0 Å². The van der Waals surface area contributed by atoms with Gasteiger partial charge >= 0.3 is 81.1 Å². The molecule has 0 unspecified atom stereocenters. The Morgan fingerprint density at radius 2 is 1.21 bits per heavy atom. The number of nitrogens with one attached hydrogen (secondary N) is 1. The van der Waals surface area contributed by atoms with E-state index in [0.717, 1.165) is 4.90 Å². The van der Waals surface area contributed by atoms with Gasteiger partial charge in [-0.25, -0.2) is 0 Å². The number of halogens is 1. The molecule has 1 aliphatic rings. The first-order valence-electron chi connectivity index (χ1n) is 11.3. The molecule has 0 spiro atoms. The molecule has 0 saturated carbocycles. The minimum absolute atomic E-state index is 0.0651. The third kappa shape index (κ3) is 20.6. The number of aliphatic carboxylic acids is 2. The van der Waals surface area contributed by atoms with E-state index in [9.17, 15) is 19.2 Å². The minimum atomic E-state index is -0.868. The van der Waals surface area contributed by atoms with E-state index in [1.54, 1.807) is 0 Å². The van der Waals surface area contributed by atoms with E-state index in [4.69, 9.17) is 21.8 Å². The Balaban J connectivity index is 0. The van der Waals surface area contributed by atoms with Crippen molar-refractivity contribution in [3.8, 4) is 0 Å². The van der Waals surface area contributed by atoms with E-state index in [1.807, 2.05) is 0 Å². The first-order valence-corrected chi connectivity index (χ1v) is 28.8. The van der Waals surface area contributed by atoms with Crippen LogP contribution in [0.2, 0.25) is 29.6 Å². The molecule has 0 bridgehead atoms. The number of imide groups is 1. The summed E-state index contributed by atoms with van der Waals surface area (Å²) in [7, 11) is 0. The Kier molecular flexibility index (Phi) is 21.9. The number of carbonyl (C=O) groups is 4. The Bertz CT molecular complexity index is 645. The molecular formula is C22H41ClN2O6Sn2. The van der Waals surface area contributed by atoms with Gasteiger partial charge in [0.05, 0.1) is 0 Å². The van der Waals surface area contributed by atoms with Crippen LogP contribution in [0, 0.1) is 0 Å². The van der Waals surface area contributed by atoms with Gasteiger partial charge in [-0.3, -0.25) is 24.1 Å². The van der Waals surface area contributed by atoms with Crippen molar-refractivity contribution >= 4 is 74.9 Å². The van der Waals surface area contributed by atoms with E-state index in [-0.39, 0.29) is 30.1 Å². The summed E-state index contributed by atoms with van der Waals surface area (Å²) < 4.78 is 0. The molecule has 0 aromatic heterocycles. The normalized spacial score (nSPS) is 13.1. The topological polar surface area (TPSA) is 124 Å². The van der Waals surface area contributed by atoms with Crippen LogP contribution in [0.5, 0.6) is 0 Å². The van der Waals surface area contributed by atoms with Crippen LogP contribution in [0.15, 0.2) is 10.7 Å². The summed E-state index contributed by atoms with van der Waals surface area (Å²) >= 11 is 4.84. The summed E-state index contributed by atoms with van der Waals surface area (Å²) in [6, 6.07) is 0. The Labute approximate surface area is 218 Å². The molecule has 0 saturated heterocycles. The van der Waals surface area contributed by atoms with Gasteiger partial charge in [-0.15, -0.1) is 0 Å². The fraction of sp³-hybridized carbons (Fsp3) is 0.727. The second kappa shape index (κ2) is 20.8.